The molecule has 2 amide bonds. The third-order valence-electron chi connectivity index (χ3n) is 7.55. The summed E-state index contributed by atoms with van der Waals surface area (Å²) in [6.07, 6.45) is -8.38. The Hall–Kier alpha value is -2.86. The van der Waals surface area contributed by atoms with E-state index in [9.17, 15) is 35.5 Å². The molecule has 40 heavy (non-hydrogen) atoms. The normalized spacial score (nSPS) is 20.9. The minimum Gasteiger partial charge on any atom is -0.379 e. The maximum atomic E-state index is 13.8. The minimum absolute atomic E-state index is 0.0644. The van der Waals surface area contributed by atoms with Crippen molar-refractivity contribution >= 4 is 6.03 Å². The van der Waals surface area contributed by atoms with Crippen LogP contribution in [0.3, 0.4) is 0 Å². The number of morpholine rings is 1. The van der Waals surface area contributed by atoms with Gasteiger partial charge in [0.05, 0.1) is 30.4 Å². The summed E-state index contributed by atoms with van der Waals surface area (Å²) in [5.74, 6) is -0.374. The van der Waals surface area contributed by atoms with Gasteiger partial charge in [-0.2, -0.15) is 26.3 Å². The van der Waals surface area contributed by atoms with Gasteiger partial charge < -0.3 is 15.0 Å². The number of nitrogens with one attached hydrogen (secondary N) is 1. The van der Waals surface area contributed by atoms with Crippen molar-refractivity contribution in [2.45, 2.75) is 57.0 Å². The maximum Gasteiger partial charge on any atom is 0.416 e. The van der Waals surface area contributed by atoms with Gasteiger partial charge in [-0.25, -0.2) is 9.18 Å². The number of halogens is 7. The first-order valence-electron chi connectivity index (χ1n) is 13.2. The number of alkyl halides is 6. The van der Waals surface area contributed by atoms with E-state index in [0.717, 1.165) is 30.6 Å². The van der Waals surface area contributed by atoms with E-state index in [0.29, 0.717) is 38.3 Å². The maximum absolute atomic E-state index is 13.8. The summed E-state index contributed by atoms with van der Waals surface area (Å²) in [7, 11) is 0. The topological polar surface area (TPSA) is 44.8 Å². The van der Waals surface area contributed by atoms with Crippen LogP contribution in [0.15, 0.2) is 36.4 Å². The lowest BCUT2D eigenvalue weighted by Crippen LogP contribution is -2.53. The number of nitrogens with zero attached hydrogens (tertiary/aromatic N) is 2. The first-order chi connectivity index (χ1) is 18.8. The SMILES string of the molecule is Cc1cc(F)ccc1[C@H]1CC(N2CCOCC2)CCN1C(=O)NCCCc1cc(C(F)(F)F)cc(C(F)(F)F)c1. The molecule has 2 aliphatic rings. The lowest BCUT2D eigenvalue weighted by molar-refractivity contribution is -0.143. The number of hydrogen-bond acceptors (Lipinski definition) is 3. The van der Waals surface area contributed by atoms with Gasteiger partial charge in [0, 0.05) is 32.2 Å². The molecule has 220 valence electrons. The molecule has 2 saturated heterocycles. The predicted octanol–water partition coefficient (Wildman–Crippen LogP) is 6.35. The van der Waals surface area contributed by atoms with Gasteiger partial charge in [-0.3, -0.25) is 4.90 Å². The molecule has 2 fully saturated rings. The molecule has 5 nitrogen and oxygen atoms in total. The molecule has 0 aliphatic carbocycles. The van der Waals surface area contributed by atoms with Crippen LogP contribution in [0.25, 0.3) is 0 Å². The molecule has 4 rings (SSSR count). The summed E-state index contributed by atoms with van der Waals surface area (Å²) >= 11 is 0. The van der Waals surface area contributed by atoms with E-state index in [4.69, 9.17) is 4.74 Å². The van der Waals surface area contributed by atoms with Crippen molar-refractivity contribution in [1.29, 1.82) is 0 Å². The Bertz CT molecular complexity index is 1150. The summed E-state index contributed by atoms with van der Waals surface area (Å²) in [6, 6.07) is 5.50. The molecular formula is C28H32F7N3O2. The highest BCUT2D eigenvalue weighted by molar-refractivity contribution is 5.75. The highest BCUT2D eigenvalue weighted by Gasteiger charge is 2.38. The van der Waals surface area contributed by atoms with Crippen LogP contribution in [0.1, 0.15) is 53.1 Å². The van der Waals surface area contributed by atoms with E-state index in [1.54, 1.807) is 17.9 Å². The van der Waals surface area contributed by atoms with E-state index in [1.165, 1.54) is 12.1 Å². The van der Waals surface area contributed by atoms with Gasteiger partial charge in [0.1, 0.15) is 5.82 Å². The number of carbonyl (C=O) groups excluding carboxylic acids is 1. The van der Waals surface area contributed by atoms with E-state index < -0.39 is 23.5 Å². The number of amides is 2. The molecule has 2 heterocycles. The molecule has 0 radical (unpaired) electrons. The standard InChI is InChI=1S/C28H32F7N3O2/c1-18-13-22(29)4-5-24(18)25-17-23(37-9-11-40-12-10-37)6-8-38(25)26(39)36-7-2-3-19-14-20(27(30,31)32)16-21(15-19)28(33,34)35/h4-5,13-16,23,25H,2-3,6-12,17H2,1H3,(H,36,39)/t23?,25-/m1/s1. The highest BCUT2D eigenvalue weighted by Crippen LogP contribution is 2.37. The van der Waals surface area contributed by atoms with E-state index >= 15 is 0 Å². The molecule has 2 aromatic rings. The number of carbonyl (C=O) groups is 1. The summed E-state index contributed by atoms with van der Waals surface area (Å²) in [5, 5.41) is 2.77. The van der Waals surface area contributed by atoms with Crippen molar-refractivity contribution in [1.82, 2.24) is 15.1 Å². The lowest BCUT2D eigenvalue weighted by atomic mass is 9.88. The second-order valence-electron chi connectivity index (χ2n) is 10.3. The van der Waals surface area contributed by atoms with E-state index in [-0.39, 0.29) is 54.9 Å². The molecule has 2 atom stereocenters. The van der Waals surface area contributed by atoms with Gasteiger partial charge in [-0.15, -0.1) is 0 Å². The van der Waals surface area contributed by atoms with Crippen LogP contribution in [-0.2, 0) is 23.5 Å². The fourth-order valence-corrected chi connectivity index (χ4v) is 5.52. The van der Waals surface area contributed by atoms with Gasteiger partial charge in [0.2, 0.25) is 0 Å². The van der Waals surface area contributed by atoms with Crippen molar-refractivity contribution < 1.29 is 40.3 Å². The van der Waals surface area contributed by atoms with Crippen molar-refractivity contribution in [3.05, 3.63) is 70.0 Å². The van der Waals surface area contributed by atoms with Gasteiger partial charge in [-0.05, 0) is 79.6 Å². The van der Waals surface area contributed by atoms with Crippen LogP contribution in [0.5, 0.6) is 0 Å². The Morgan fingerprint density at radius 3 is 2.23 bits per heavy atom. The van der Waals surface area contributed by atoms with Crippen LogP contribution >= 0.6 is 0 Å². The number of ether oxygens (including phenoxy) is 1. The lowest BCUT2D eigenvalue weighted by Gasteiger charge is -2.45. The zero-order chi connectivity index (χ0) is 29.1. The van der Waals surface area contributed by atoms with Crippen LogP contribution in [0.4, 0.5) is 35.5 Å². The Morgan fingerprint density at radius 1 is 0.975 bits per heavy atom. The number of hydrogen-bond donors (Lipinski definition) is 1. The molecule has 1 unspecified atom stereocenters. The van der Waals surface area contributed by atoms with Crippen LogP contribution in [-0.4, -0.2) is 61.3 Å². The molecule has 0 spiro atoms. The number of piperidine rings is 1. The van der Waals surface area contributed by atoms with Gasteiger partial charge in [0.15, 0.2) is 0 Å². The predicted molar refractivity (Wildman–Crippen MR) is 134 cm³/mol. The fourth-order valence-electron chi connectivity index (χ4n) is 5.52. The second kappa shape index (κ2) is 12.3. The molecular weight excluding hydrogens is 543 g/mol. The highest BCUT2D eigenvalue weighted by atomic mass is 19.4. The third-order valence-corrected chi connectivity index (χ3v) is 7.55. The average Bonchev–Trinajstić information content (AvgIpc) is 2.90. The first-order valence-corrected chi connectivity index (χ1v) is 13.2. The van der Waals surface area contributed by atoms with Crippen molar-refractivity contribution in [3.8, 4) is 0 Å². The smallest absolute Gasteiger partial charge is 0.379 e. The Balaban J connectivity index is 1.42. The van der Waals surface area contributed by atoms with Crippen LogP contribution in [0.2, 0.25) is 0 Å². The second-order valence-corrected chi connectivity index (χ2v) is 10.3. The monoisotopic (exact) mass is 575 g/mol. The summed E-state index contributed by atoms with van der Waals surface area (Å²) in [4.78, 5) is 17.3. The Kier molecular flexibility index (Phi) is 9.29. The minimum atomic E-state index is -4.91. The summed E-state index contributed by atoms with van der Waals surface area (Å²) in [5.41, 5.74) is -1.28. The molecule has 0 saturated carbocycles. The largest absolute Gasteiger partial charge is 0.416 e. The average molecular weight is 576 g/mol. The molecule has 2 aliphatic heterocycles. The third kappa shape index (κ3) is 7.45. The number of benzene rings is 2. The summed E-state index contributed by atoms with van der Waals surface area (Å²) < 4.78 is 98.2. The van der Waals surface area contributed by atoms with Gasteiger partial charge in [-0.1, -0.05) is 6.07 Å². The van der Waals surface area contributed by atoms with Crippen molar-refractivity contribution in [2.75, 3.05) is 39.4 Å². The molecule has 0 aromatic heterocycles. The van der Waals surface area contributed by atoms with Crippen LogP contribution < -0.4 is 5.32 Å². The molecule has 0 bridgehead atoms. The quantitative estimate of drug-likeness (QED) is 0.323. The first kappa shape index (κ1) is 30.1. The Morgan fingerprint density at radius 2 is 1.62 bits per heavy atom. The zero-order valence-corrected chi connectivity index (χ0v) is 22.0. The van der Waals surface area contributed by atoms with Gasteiger partial charge >= 0.3 is 18.4 Å². The zero-order valence-electron chi connectivity index (χ0n) is 22.0. The van der Waals surface area contributed by atoms with E-state index in [2.05, 4.69) is 10.2 Å². The number of likely N-dealkylation sites (tertiary alicyclic amines) is 1. The number of aryl methyl sites for hydroxylation is 2. The fraction of sp³-hybridized carbons (Fsp3) is 0.536. The van der Waals surface area contributed by atoms with E-state index in [1.807, 2.05) is 0 Å². The molecule has 1 N–H and O–H groups in total. The number of urea groups is 1. The molecule has 2 aromatic carbocycles. The van der Waals surface area contributed by atoms with Crippen LogP contribution in [0, 0.1) is 12.7 Å². The van der Waals surface area contributed by atoms with Gasteiger partial charge in [0.25, 0.3) is 0 Å². The van der Waals surface area contributed by atoms with Crippen molar-refractivity contribution in [3.63, 3.8) is 0 Å². The van der Waals surface area contributed by atoms with Crippen molar-refractivity contribution in [2.24, 2.45) is 0 Å². The Labute approximate surface area is 228 Å². The molecule has 12 heteroatoms. The summed E-state index contributed by atoms with van der Waals surface area (Å²) in [6.45, 7) is 5.15. The number of rotatable bonds is 6.